The van der Waals surface area contributed by atoms with Gasteiger partial charge in [0.05, 0.1) is 12.3 Å². The second-order valence-electron chi connectivity index (χ2n) is 9.93. The van der Waals surface area contributed by atoms with Gasteiger partial charge >= 0.3 is 0 Å². The average molecular weight is 459 g/mol. The first-order valence-corrected chi connectivity index (χ1v) is 12.5. The van der Waals surface area contributed by atoms with Gasteiger partial charge in [0.15, 0.2) is 0 Å². The van der Waals surface area contributed by atoms with Crippen LogP contribution >= 0.6 is 0 Å². The lowest BCUT2D eigenvalue weighted by Gasteiger charge is -2.29. The summed E-state index contributed by atoms with van der Waals surface area (Å²) in [5, 5.41) is 14.2. The summed E-state index contributed by atoms with van der Waals surface area (Å²) in [5.74, 6) is 1.52. The zero-order chi connectivity index (χ0) is 23.5. The second-order valence-corrected chi connectivity index (χ2v) is 9.93. The number of aromatic nitrogens is 3. The molecule has 1 N–H and O–H groups in total. The zero-order valence-electron chi connectivity index (χ0n) is 20.3. The molecule has 1 aromatic carbocycles. The molecule has 7 heteroatoms. The third-order valence-electron chi connectivity index (χ3n) is 7.40. The van der Waals surface area contributed by atoms with Gasteiger partial charge in [-0.3, -0.25) is 0 Å². The van der Waals surface area contributed by atoms with E-state index in [2.05, 4.69) is 75.3 Å². The molecule has 2 aromatic heterocycles. The van der Waals surface area contributed by atoms with Crippen molar-refractivity contribution in [3.63, 3.8) is 0 Å². The summed E-state index contributed by atoms with van der Waals surface area (Å²) in [5.41, 5.74) is 5.02. The SMILES string of the molecule is Cc1cc(-c2nc(C#N)nc3c2ccn3CC2CCOC2)ccc1NCCC1CCN(C)CC1. The van der Waals surface area contributed by atoms with Crippen molar-refractivity contribution in [3.8, 4) is 17.3 Å². The third-order valence-corrected chi connectivity index (χ3v) is 7.40. The van der Waals surface area contributed by atoms with Crippen molar-refractivity contribution in [3.05, 3.63) is 41.9 Å². The van der Waals surface area contributed by atoms with E-state index in [0.717, 1.165) is 60.9 Å². The number of rotatable bonds is 7. The van der Waals surface area contributed by atoms with Gasteiger partial charge in [0.2, 0.25) is 5.82 Å². The van der Waals surface area contributed by atoms with Crippen LogP contribution in [0.1, 0.15) is 37.1 Å². The molecule has 0 amide bonds. The first-order valence-electron chi connectivity index (χ1n) is 12.5. The number of nitriles is 1. The fraction of sp³-hybridized carbons (Fsp3) is 0.519. The minimum atomic E-state index is 0.211. The molecule has 0 radical (unpaired) electrons. The van der Waals surface area contributed by atoms with Crippen LogP contribution in [-0.2, 0) is 11.3 Å². The van der Waals surface area contributed by atoms with E-state index < -0.39 is 0 Å². The van der Waals surface area contributed by atoms with Crippen LogP contribution in [0.15, 0.2) is 30.5 Å². The highest BCUT2D eigenvalue weighted by Crippen LogP contribution is 2.31. The van der Waals surface area contributed by atoms with Gasteiger partial charge in [-0.05, 0) is 82.4 Å². The predicted octanol–water partition coefficient (Wildman–Crippen LogP) is 4.46. The fourth-order valence-corrected chi connectivity index (χ4v) is 5.26. The molecule has 2 saturated heterocycles. The molecular formula is C27H34N6O. The number of hydrogen-bond acceptors (Lipinski definition) is 6. The Hall–Kier alpha value is -2.95. The van der Waals surface area contributed by atoms with Gasteiger partial charge in [-0.15, -0.1) is 0 Å². The summed E-state index contributed by atoms with van der Waals surface area (Å²) in [4.78, 5) is 11.6. The smallest absolute Gasteiger partial charge is 0.234 e. The van der Waals surface area contributed by atoms with E-state index in [1.54, 1.807) is 0 Å². The molecule has 7 nitrogen and oxygen atoms in total. The summed E-state index contributed by atoms with van der Waals surface area (Å²) in [7, 11) is 2.21. The summed E-state index contributed by atoms with van der Waals surface area (Å²) in [6.07, 6.45) is 6.94. The number of likely N-dealkylation sites (tertiary alicyclic amines) is 1. The summed E-state index contributed by atoms with van der Waals surface area (Å²) < 4.78 is 7.69. The Morgan fingerprint density at radius 3 is 2.74 bits per heavy atom. The molecule has 3 aromatic rings. The molecular weight excluding hydrogens is 424 g/mol. The van der Waals surface area contributed by atoms with Crippen molar-refractivity contribution >= 4 is 16.7 Å². The Bertz CT molecular complexity index is 1180. The van der Waals surface area contributed by atoms with E-state index in [-0.39, 0.29) is 5.82 Å². The van der Waals surface area contributed by atoms with Crippen molar-refractivity contribution in [2.24, 2.45) is 11.8 Å². The van der Waals surface area contributed by atoms with Crippen LogP contribution in [0.2, 0.25) is 0 Å². The average Bonchev–Trinajstić information content (AvgIpc) is 3.51. The van der Waals surface area contributed by atoms with Crippen LogP contribution in [0, 0.1) is 30.1 Å². The molecule has 2 aliphatic heterocycles. The number of benzene rings is 1. The molecule has 0 spiro atoms. The Morgan fingerprint density at radius 1 is 1.15 bits per heavy atom. The summed E-state index contributed by atoms with van der Waals surface area (Å²) in [6.45, 7) is 8.03. The minimum Gasteiger partial charge on any atom is -0.385 e. The van der Waals surface area contributed by atoms with Crippen LogP contribution in [-0.4, -0.2) is 59.3 Å². The van der Waals surface area contributed by atoms with Gasteiger partial charge in [0.1, 0.15) is 11.7 Å². The van der Waals surface area contributed by atoms with Crippen LogP contribution < -0.4 is 5.32 Å². The quantitative estimate of drug-likeness (QED) is 0.563. The number of nitrogens with one attached hydrogen (secondary N) is 1. The van der Waals surface area contributed by atoms with Crippen LogP contribution in [0.5, 0.6) is 0 Å². The summed E-state index contributed by atoms with van der Waals surface area (Å²) >= 11 is 0. The third kappa shape index (κ3) is 4.94. The first-order chi connectivity index (χ1) is 16.6. The highest BCUT2D eigenvalue weighted by atomic mass is 16.5. The zero-order valence-corrected chi connectivity index (χ0v) is 20.3. The maximum atomic E-state index is 9.58. The number of nitrogens with zero attached hydrogens (tertiary/aromatic N) is 5. The fourth-order valence-electron chi connectivity index (χ4n) is 5.26. The van der Waals surface area contributed by atoms with E-state index in [1.807, 2.05) is 0 Å². The van der Waals surface area contributed by atoms with Crippen molar-refractivity contribution in [1.82, 2.24) is 19.4 Å². The Labute approximate surface area is 201 Å². The monoisotopic (exact) mass is 458 g/mol. The van der Waals surface area contributed by atoms with Gasteiger partial charge in [-0.25, -0.2) is 9.97 Å². The molecule has 1 unspecified atom stereocenters. The number of ether oxygens (including phenoxy) is 1. The summed E-state index contributed by atoms with van der Waals surface area (Å²) in [6, 6.07) is 10.6. The standard InChI is InChI=1S/C27H34N6O/c1-19-15-22(3-4-24(19)29-10-5-20-6-11-32(2)12-7-20)26-23-8-13-33(17-21-9-14-34-18-21)27(23)31-25(16-28)30-26/h3-4,8,13,15,20-21,29H,5-7,9-12,14,17-18H2,1-2H3. The van der Waals surface area contributed by atoms with Gasteiger partial charge in [-0.2, -0.15) is 5.26 Å². The van der Waals surface area contributed by atoms with E-state index in [9.17, 15) is 5.26 Å². The molecule has 34 heavy (non-hydrogen) atoms. The van der Waals surface area contributed by atoms with E-state index >= 15 is 0 Å². The second kappa shape index (κ2) is 10.1. The van der Waals surface area contributed by atoms with Crippen molar-refractivity contribution in [2.45, 2.75) is 39.2 Å². The molecule has 0 aliphatic carbocycles. The molecule has 5 rings (SSSR count). The Balaban J connectivity index is 1.34. The highest BCUT2D eigenvalue weighted by molar-refractivity contribution is 5.91. The molecule has 2 aliphatic rings. The number of fused-ring (bicyclic) bond motifs is 1. The normalized spacial score (nSPS) is 19.5. The van der Waals surface area contributed by atoms with Crippen LogP contribution in [0.25, 0.3) is 22.3 Å². The van der Waals surface area contributed by atoms with E-state index in [0.29, 0.717) is 5.92 Å². The maximum absolute atomic E-state index is 9.58. The largest absolute Gasteiger partial charge is 0.385 e. The van der Waals surface area contributed by atoms with Crippen LogP contribution in [0.3, 0.4) is 0 Å². The van der Waals surface area contributed by atoms with Crippen LogP contribution in [0.4, 0.5) is 5.69 Å². The number of piperidine rings is 1. The Morgan fingerprint density at radius 2 is 2.00 bits per heavy atom. The number of aryl methyl sites for hydroxylation is 1. The minimum absolute atomic E-state index is 0.211. The number of hydrogen-bond donors (Lipinski definition) is 1. The lowest BCUT2D eigenvalue weighted by atomic mass is 9.94. The lowest BCUT2D eigenvalue weighted by Crippen LogP contribution is -2.30. The van der Waals surface area contributed by atoms with Gasteiger partial charge < -0.3 is 19.5 Å². The topological polar surface area (TPSA) is 79.0 Å². The van der Waals surface area contributed by atoms with Crippen molar-refractivity contribution in [2.75, 3.05) is 45.2 Å². The highest BCUT2D eigenvalue weighted by Gasteiger charge is 2.20. The molecule has 0 saturated carbocycles. The van der Waals surface area contributed by atoms with Crippen molar-refractivity contribution < 1.29 is 4.74 Å². The van der Waals surface area contributed by atoms with Gasteiger partial charge in [0.25, 0.3) is 0 Å². The molecule has 2 fully saturated rings. The molecule has 1 atom stereocenters. The van der Waals surface area contributed by atoms with Gasteiger partial charge in [-0.1, -0.05) is 6.07 Å². The maximum Gasteiger partial charge on any atom is 0.234 e. The lowest BCUT2D eigenvalue weighted by molar-refractivity contribution is 0.182. The van der Waals surface area contributed by atoms with E-state index in [4.69, 9.17) is 4.74 Å². The predicted molar refractivity (Wildman–Crippen MR) is 135 cm³/mol. The molecule has 178 valence electrons. The van der Waals surface area contributed by atoms with Gasteiger partial charge in [0, 0.05) is 48.4 Å². The molecule has 4 heterocycles. The van der Waals surface area contributed by atoms with E-state index in [1.165, 1.54) is 43.6 Å². The first kappa shape index (κ1) is 22.8. The molecule has 0 bridgehead atoms. The number of anilines is 1. The Kier molecular flexibility index (Phi) is 6.80. The van der Waals surface area contributed by atoms with Crippen molar-refractivity contribution in [1.29, 1.82) is 5.26 Å².